The normalized spacial score (nSPS) is 17.5. The van der Waals surface area contributed by atoms with Crippen LogP contribution in [0.4, 0.5) is 5.69 Å². The van der Waals surface area contributed by atoms with Crippen molar-refractivity contribution in [2.75, 3.05) is 40.1 Å². The Balaban J connectivity index is 1.97. The van der Waals surface area contributed by atoms with Crippen LogP contribution in [0.15, 0.2) is 12.1 Å². The number of nitrogens with two attached hydrogens (primary N) is 1. The molecule has 0 saturated carbocycles. The van der Waals surface area contributed by atoms with Crippen LogP contribution in [0.5, 0.6) is 0 Å². The van der Waals surface area contributed by atoms with Gasteiger partial charge in [-0.15, -0.1) is 11.3 Å². The molecule has 2 aromatic rings. The molecule has 0 aliphatic carbocycles. The Morgan fingerprint density at radius 1 is 1.38 bits per heavy atom. The molecule has 1 aliphatic heterocycles. The summed E-state index contributed by atoms with van der Waals surface area (Å²) in [7, 11) is 4.93. The third kappa shape index (κ3) is 3.39. The lowest BCUT2D eigenvalue weighted by Crippen LogP contribution is -2.40. The Morgan fingerprint density at radius 2 is 2.15 bits per heavy atom. The maximum atomic E-state index is 12.4. The van der Waals surface area contributed by atoms with Gasteiger partial charge in [-0.05, 0) is 31.4 Å². The number of nitrogens with zero attached hydrogens (tertiary/aromatic N) is 3. The molecule has 0 unspecified atom stereocenters. The molecule has 0 aromatic carbocycles. The number of rotatable bonds is 4. The molecule has 7 nitrogen and oxygen atoms in total. The number of piperidine rings is 1. The summed E-state index contributed by atoms with van der Waals surface area (Å²) in [5.41, 5.74) is 7.47. The van der Waals surface area contributed by atoms with Crippen LogP contribution in [-0.2, 0) is 9.53 Å². The van der Waals surface area contributed by atoms with E-state index in [1.165, 1.54) is 23.3 Å². The summed E-state index contributed by atoms with van der Waals surface area (Å²) in [6.07, 6.45) is 2.91. The summed E-state index contributed by atoms with van der Waals surface area (Å²) in [6.45, 7) is 0.787. The zero-order valence-electron chi connectivity index (χ0n) is 15.3. The first-order valence-corrected chi connectivity index (χ1v) is 9.44. The van der Waals surface area contributed by atoms with E-state index in [4.69, 9.17) is 15.5 Å². The largest absolute Gasteiger partial charge is 0.397 e. The molecule has 3 rings (SSSR count). The molecule has 3 heterocycles. The van der Waals surface area contributed by atoms with Crippen molar-refractivity contribution < 1.29 is 14.3 Å². The topological polar surface area (TPSA) is 88.8 Å². The maximum absolute atomic E-state index is 12.4. The molecular formula is C18H24N4O3S. The molecule has 1 saturated heterocycles. The van der Waals surface area contributed by atoms with Gasteiger partial charge < -0.3 is 20.3 Å². The monoisotopic (exact) mass is 376 g/mol. The van der Waals surface area contributed by atoms with E-state index >= 15 is 0 Å². The standard InChI is InChI=1S/C18H24N4O3S/c1-21(2)18(24)16-15(19)11-7-8-12(20-17(11)26-16)13-6-4-5-9-22(13)14(23)10-25-3/h7-8,13H,4-6,9-10,19H2,1-3H3/t13-/m0/s1. The number of amides is 2. The summed E-state index contributed by atoms with van der Waals surface area (Å²) in [6, 6.07) is 3.76. The van der Waals surface area contributed by atoms with Crippen LogP contribution < -0.4 is 5.73 Å². The van der Waals surface area contributed by atoms with Gasteiger partial charge in [0.2, 0.25) is 5.91 Å². The Kier molecular flexibility index (Phi) is 5.43. The van der Waals surface area contributed by atoms with E-state index in [9.17, 15) is 9.59 Å². The van der Waals surface area contributed by atoms with Crippen molar-refractivity contribution in [2.45, 2.75) is 25.3 Å². The SMILES string of the molecule is COCC(=O)N1CCCC[C@H]1c1ccc2c(N)c(C(=O)N(C)C)sc2n1. The lowest BCUT2D eigenvalue weighted by Gasteiger charge is -2.35. The highest BCUT2D eigenvalue weighted by Crippen LogP contribution is 2.36. The highest BCUT2D eigenvalue weighted by Gasteiger charge is 2.29. The number of carbonyl (C=O) groups is 2. The fourth-order valence-corrected chi connectivity index (χ4v) is 4.43. The number of anilines is 1. The number of methoxy groups -OCH3 is 1. The molecule has 1 fully saturated rings. The number of fused-ring (bicyclic) bond motifs is 1. The minimum absolute atomic E-state index is 0.0201. The Labute approximate surface area is 156 Å². The molecule has 1 atom stereocenters. The molecule has 1 aliphatic rings. The number of hydrogen-bond acceptors (Lipinski definition) is 6. The zero-order chi connectivity index (χ0) is 18.8. The van der Waals surface area contributed by atoms with Gasteiger partial charge in [0.05, 0.1) is 17.4 Å². The highest BCUT2D eigenvalue weighted by atomic mass is 32.1. The predicted octanol–water partition coefficient (Wildman–Crippen LogP) is 2.28. The number of aromatic nitrogens is 1. The first-order valence-electron chi connectivity index (χ1n) is 8.63. The number of pyridine rings is 1. The Bertz CT molecular complexity index is 833. The van der Waals surface area contributed by atoms with E-state index in [1.54, 1.807) is 14.1 Å². The average Bonchev–Trinajstić information content (AvgIpc) is 2.97. The molecule has 2 N–H and O–H groups in total. The van der Waals surface area contributed by atoms with Gasteiger partial charge in [0, 0.05) is 33.1 Å². The molecule has 26 heavy (non-hydrogen) atoms. The van der Waals surface area contributed by atoms with Crippen LogP contribution >= 0.6 is 11.3 Å². The van der Waals surface area contributed by atoms with Gasteiger partial charge in [-0.1, -0.05) is 0 Å². The van der Waals surface area contributed by atoms with Crippen molar-refractivity contribution in [1.82, 2.24) is 14.8 Å². The molecule has 0 bridgehead atoms. The lowest BCUT2D eigenvalue weighted by atomic mass is 9.98. The number of ether oxygens (including phenoxy) is 1. The summed E-state index contributed by atoms with van der Waals surface area (Å²) in [5.74, 6) is -0.144. The minimum Gasteiger partial charge on any atom is -0.397 e. The Hall–Kier alpha value is -2.19. The van der Waals surface area contributed by atoms with Crippen molar-refractivity contribution in [2.24, 2.45) is 0 Å². The molecular weight excluding hydrogens is 352 g/mol. The van der Waals surface area contributed by atoms with Crippen molar-refractivity contribution in [3.05, 3.63) is 22.7 Å². The van der Waals surface area contributed by atoms with Gasteiger partial charge in [-0.3, -0.25) is 9.59 Å². The van der Waals surface area contributed by atoms with Crippen molar-refractivity contribution in [3.8, 4) is 0 Å². The van der Waals surface area contributed by atoms with E-state index in [2.05, 4.69) is 0 Å². The van der Waals surface area contributed by atoms with Gasteiger partial charge in [-0.2, -0.15) is 0 Å². The van der Waals surface area contributed by atoms with Crippen LogP contribution in [0, 0.1) is 0 Å². The summed E-state index contributed by atoms with van der Waals surface area (Å²) in [5, 5.41) is 0.787. The zero-order valence-corrected chi connectivity index (χ0v) is 16.1. The highest BCUT2D eigenvalue weighted by molar-refractivity contribution is 7.21. The minimum atomic E-state index is -0.124. The maximum Gasteiger partial charge on any atom is 0.265 e. The van der Waals surface area contributed by atoms with Crippen LogP contribution in [-0.4, -0.2) is 61.0 Å². The third-order valence-electron chi connectivity index (χ3n) is 4.65. The van der Waals surface area contributed by atoms with E-state index in [1.807, 2.05) is 17.0 Å². The number of nitrogen functional groups attached to an aromatic ring is 1. The van der Waals surface area contributed by atoms with E-state index in [0.717, 1.165) is 35.2 Å². The van der Waals surface area contributed by atoms with Gasteiger partial charge in [0.15, 0.2) is 0 Å². The van der Waals surface area contributed by atoms with Crippen LogP contribution in [0.2, 0.25) is 0 Å². The fraction of sp³-hybridized carbons (Fsp3) is 0.500. The van der Waals surface area contributed by atoms with E-state index in [-0.39, 0.29) is 24.5 Å². The molecule has 2 aromatic heterocycles. The first kappa shape index (κ1) is 18.6. The Morgan fingerprint density at radius 3 is 2.85 bits per heavy atom. The number of carbonyl (C=O) groups excluding carboxylic acids is 2. The van der Waals surface area contributed by atoms with Crippen molar-refractivity contribution >= 4 is 39.1 Å². The van der Waals surface area contributed by atoms with Crippen LogP contribution in [0.1, 0.15) is 40.7 Å². The summed E-state index contributed by atoms with van der Waals surface area (Å²) in [4.78, 5) is 34.0. The quantitative estimate of drug-likeness (QED) is 0.884. The van der Waals surface area contributed by atoms with Gasteiger partial charge in [0.1, 0.15) is 16.3 Å². The smallest absolute Gasteiger partial charge is 0.265 e. The molecule has 0 spiro atoms. The van der Waals surface area contributed by atoms with Crippen LogP contribution in [0.25, 0.3) is 10.2 Å². The van der Waals surface area contributed by atoms with Crippen LogP contribution in [0.3, 0.4) is 0 Å². The number of likely N-dealkylation sites (tertiary alicyclic amines) is 1. The second-order valence-electron chi connectivity index (χ2n) is 6.66. The summed E-state index contributed by atoms with van der Waals surface area (Å²) < 4.78 is 5.01. The molecule has 140 valence electrons. The lowest BCUT2D eigenvalue weighted by molar-refractivity contribution is -0.139. The van der Waals surface area contributed by atoms with Crippen molar-refractivity contribution in [3.63, 3.8) is 0 Å². The number of thiophene rings is 1. The molecule has 2 amide bonds. The van der Waals surface area contributed by atoms with Gasteiger partial charge in [0.25, 0.3) is 5.91 Å². The summed E-state index contributed by atoms with van der Waals surface area (Å²) >= 11 is 1.30. The fourth-order valence-electron chi connectivity index (χ4n) is 3.30. The molecule has 8 heteroatoms. The van der Waals surface area contributed by atoms with E-state index < -0.39 is 0 Å². The van der Waals surface area contributed by atoms with Crippen molar-refractivity contribution in [1.29, 1.82) is 0 Å². The second-order valence-corrected chi connectivity index (χ2v) is 7.66. The average molecular weight is 376 g/mol. The molecule has 0 radical (unpaired) electrons. The second kappa shape index (κ2) is 7.59. The van der Waals surface area contributed by atoms with Gasteiger partial charge >= 0.3 is 0 Å². The number of hydrogen-bond donors (Lipinski definition) is 1. The first-order chi connectivity index (χ1) is 12.4. The third-order valence-corrected chi connectivity index (χ3v) is 5.75. The predicted molar refractivity (Wildman–Crippen MR) is 102 cm³/mol. The van der Waals surface area contributed by atoms with E-state index in [0.29, 0.717) is 17.1 Å². The van der Waals surface area contributed by atoms with Gasteiger partial charge in [-0.25, -0.2) is 4.98 Å².